The third kappa shape index (κ3) is 6.70. The Bertz CT molecular complexity index is 1160. The minimum Gasteiger partial charge on any atom is -0.358 e. The van der Waals surface area contributed by atoms with E-state index < -0.39 is 6.04 Å². The number of hydrogen-bond donors (Lipinski definition) is 3. The van der Waals surface area contributed by atoms with Gasteiger partial charge < -0.3 is 20.5 Å². The lowest BCUT2D eigenvalue weighted by molar-refractivity contribution is -0.122. The minimum atomic E-state index is -0.420. The quantitative estimate of drug-likeness (QED) is 0.359. The maximum absolute atomic E-state index is 13.3. The molecule has 0 spiro atoms. The second-order valence-electron chi connectivity index (χ2n) is 8.80. The van der Waals surface area contributed by atoms with Crippen molar-refractivity contribution in [1.29, 1.82) is 5.26 Å². The molecule has 1 aliphatic carbocycles. The van der Waals surface area contributed by atoms with Gasteiger partial charge >= 0.3 is 0 Å². The molecular formula is C27H31N7O. The number of amides is 1. The summed E-state index contributed by atoms with van der Waals surface area (Å²) in [5.41, 5.74) is 1.55. The van der Waals surface area contributed by atoms with E-state index in [1.54, 1.807) is 18.2 Å². The largest absolute Gasteiger partial charge is 0.358 e. The summed E-state index contributed by atoms with van der Waals surface area (Å²) >= 11 is 0. The first-order valence-corrected chi connectivity index (χ1v) is 12.0. The van der Waals surface area contributed by atoms with Crippen molar-refractivity contribution >= 4 is 17.7 Å². The number of aromatic nitrogens is 3. The van der Waals surface area contributed by atoms with Crippen LogP contribution in [-0.4, -0.2) is 33.0 Å². The Labute approximate surface area is 206 Å². The van der Waals surface area contributed by atoms with Crippen LogP contribution in [0.3, 0.4) is 0 Å². The smallest absolute Gasteiger partial charge is 0.242 e. The van der Waals surface area contributed by atoms with Gasteiger partial charge in [0.2, 0.25) is 11.9 Å². The Morgan fingerprint density at radius 2 is 1.94 bits per heavy atom. The fourth-order valence-electron chi connectivity index (χ4n) is 4.37. The lowest BCUT2D eigenvalue weighted by atomic mass is 9.97. The summed E-state index contributed by atoms with van der Waals surface area (Å²) in [6.45, 7) is 4.68. The number of nitrogens with one attached hydrogen (secondary N) is 3. The average Bonchev–Trinajstić information content (AvgIpc) is 3.61. The molecule has 1 saturated carbocycles. The molecule has 35 heavy (non-hydrogen) atoms. The highest BCUT2D eigenvalue weighted by Gasteiger charge is 2.26. The zero-order chi connectivity index (χ0) is 24.5. The molecule has 8 nitrogen and oxygen atoms in total. The highest BCUT2D eigenvalue weighted by atomic mass is 16.2. The van der Waals surface area contributed by atoms with E-state index in [0.717, 1.165) is 24.8 Å². The lowest BCUT2D eigenvalue weighted by Gasteiger charge is -2.22. The van der Waals surface area contributed by atoms with E-state index in [9.17, 15) is 4.79 Å². The molecule has 2 heterocycles. The van der Waals surface area contributed by atoms with Crippen LogP contribution < -0.4 is 16.0 Å². The van der Waals surface area contributed by atoms with Gasteiger partial charge in [-0.1, -0.05) is 43.9 Å². The number of anilines is 2. The molecule has 1 amide bonds. The van der Waals surface area contributed by atoms with Crippen molar-refractivity contribution in [2.75, 3.05) is 17.2 Å². The number of benzene rings is 1. The number of nitrogens with zero attached hydrogens (tertiary/aromatic N) is 4. The Morgan fingerprint density at radius 1 is 1.20 bits per heavy atom. The van der Waals surface area contributed by atoms with Crippen LogP contribution in [0.4, 0.5) is 11.8 Å². The standard InChI is InChI=1S/C27H31N7O/c1-2-13-29-27-32-24(17-25(33-27)34-14-5-6-15-34)31-23(16-20-7-3-4-8-20)26(35)30-19-22-11-9-21(18-28)10-12-22/h2,5-6,9-12,14-15,17,20,23H,1,3-4,7-8,13,16,19H2,(H,30,35)(H2,29,31,32,33)/t23-/m1/s1. The van der Waals surface area contributed by atoms with Gasteiger partial charge in [-0.2, -0.15) is 15.2 Å². The Balaban J connectivity index is 1.52. The molecule has 1 atom stereocenters. The van der Waals surface area contributed by atoms with Crippen LogP contribution in [0.1, 0.15) is 43.2 Å². The van der Waals surface area contributed by atoms with Gasteiger partial charge in [0.05, 0.1) is 11.6 Å². The zero-order valence-corrected chi connectivity index (χ0v) is 19.8. The highest BCUT2D eigenvalue weighted by molar-refractivity contribution is 5.84. The zero-order valence-electron chi connectivity index (χ0n) is 19.8. The Morgan fingerprint density at radius 3 is 2.63 bits per heavy atom. The Kier molecular flexibility index (Phi) is 8.12. The predicted molar refractivity (Wildman–Crippen MR) is 137 cm³/mol. The summed E-state index contributed by atoms with van der Waals surface area (Å²) in [6, 6.07) is 14.7. The summed E-state index contributed by atoms with van der Waals surface area (Å²) in [5, 5.41) is 18.6. The van der Waals surface area contributed by atoms with Gasteiger partial charge in [0.25, 0.3) is 0 Å². The van der Waals surface area contributed by atoms with Gasteiger partial charge in [-0.15, -0.1) is 6.58 Å². The molecule has 3 aromatic rings. The fourth-order valence-corrected chi connectivity index (χ4v) is 4.37. The summed E-state index contributed by atoms with van der Waals surface area (Å²) in [4.78, 5) is 22.5. The van der Waals surface area contributed by atoms with Crippen LogP contribution in [-0.2, 0) is 11.3 Å². The van der Waals surface area contributed by atoms with Crippen molar-refractivity contribution in [3.05, 3.63) is 78.6 Å². The first-order chi connectivity index (χ1) is 17.1. The molecule has 0 radical (unpaired) electrons. The molecule has 0 unspecified atom stereocenters. The molecule has 1 aliphatic rings. The van der Waals surface area contributed by atoms with Gasteiger partial charge in [-0.25, -0.2) is 0 Å². The summed E-state index contributed by atoms with van der Waals surface area (Å²) in [7, 11) is 0. The van der Waals surface area contributed by atoms with E-state index in [1.807, 2.05) is 47.3 Å². The van der Waals surface area contributed by atoms with E-state index in [-0.39, 0.29) is 5.91 Å². The number of carbonyl (C=O) groups is 1. The predicted octanol–water partition coefficient (Wildman–Crippen LogP) is 4.41. The minimum absolute atomic E-state index is 0.0667. The molecule has 2 aromatic heterocycles. The molecule has 0 aliphatic heterocycles. The third-order valence-corrected chi connectivity index (χ3v) is 6.22. The molecule has 1 fully saturated rings. The van der Waals surface area contributed by atoms with Crippen molar-refractivity contribution < 1.29 is 4.79 Å². The summed E-state index contributed by atoms with van der Waals surface area (Å²) in [6.07, 6.45) is 11.1. The molecule has 4 rings (SSSR count). The van der Waals surface area contributed by atoms with E-state index in [0.29, 0.717) is 42.2 Å². The van der Waals surface area contributed by atoms with Crippen LogP contribution in [0.5, 0.6) is 0 Å². The topological polar surface area (TPSA) is 108 Å². The van der Waals surface area contributed by atoms with Crippen LogP contribution in [0, 0.1) is 17.2 Å². The molecule has 8 heteroatoms. The second-order valence-corrected chi connectivity index (χ2v) is 8.80. The van der Waals surface area contributed by atoms with Crippen molar-refractivity contribution in [1.82, 2.24) is 19.9 Å². The van der Waals surface area contributed by atoms with Crippen molar-refractivity contribution in [2.24, 2.45) is 5.92 Å². The molecular weight excluding hydrogens is 438 g/mol. The normalized spacial score (nSPS) is 14.1. The monoisotopic (exact) mass is 469 g/mol. The maximum Gasteiger partial charge on any atom is 0.242 e. The van der Waals surface area contributed by atoms with Crippen molar-refractivity contribution in [3.63, 3.8) is 0 Å². The van der Waals surface area contributed by atoms with Crippen LogP contribution in [0.15, 0.2) is 67.5 Å². The average molecular weight is 470 g/mol. The van der Waals surface area contributed by atoms with Gasteiger partial charge in [0.1, 0.15) is 17.7 Å². The maximum atomic E-state index is 13.3. The third-order valence-electron chi connectivity index (χ3n) is 6.22. The van der Waals surface area contributed by atoms with E-state index >= 15 is 0 Å². The van der Waals surface area contributed by atoms with Gasteiger partial charge in [-0.3, -0.25) is 4.79 Å². The van der Waals surface area contributed by atoms with E-state index in [1.165, 1.54) is 12.8 Å². The second kappa shape index (κ2) is 11.8. The molecule has 3 N–H and O–H groups in total. The molecule has 1 aromatic carbocycles. The highest BCUT2D eigenvalue weighted by Crippen LogP contribution is 2.29. The lowest BCUT2D eigenvalue weighted by Crippen LogP contribution is -2.40. The molecule has 180 valence electrons. The Hall–Kier alpha value is -4.12. The number of rotatable bonds is 11. The van der Waals surface area contributed by atoms with Crippen molar-refractivity contribution in [3.8, 4) is 11.9 Å². The van der Waals surface area contributed by atoms with Gasteiger partial charge in [0, 0.05) is 31.5 Å². The van der Waals surface area contributed by atoms with Crippen LogP contribution in [0.25, 0.3) is 5.82 Å². The van der Waals surface area contributed by atoms with E-state index in [2.05, 4.69) is 38.6 Å². The number of carbonyl (C=O) groups excluding carboxylic acids is 1. The first-order valence-electron chi connectivity index (χ1n) is 12.0. The SMILES string of the molecule is C=CCNc1nc(N[C@H](CC2CCCC2)C(=O)NCc2ccc(C#N)cc2)cc(-n2cccc2)n1. The summed E-state index contributed by atoms with van der Waals surface area (Å²) in [5.74, 6) is 2.21. The van der Waals surface area contributed by atoms with E-state index in [4.69, 9.17) is 5.26 Å². The van der Waals surface area contributed by atoms with Gasteiger partial charge in [-0.05, 0) is 42.2 Å². The molecule has 0 bridgehead atoms. The summed E-state index contributed by atoms with van der Waals surface area (Å²) < 4.78 is 1.91. The van der Waals surface area contributed by atoms with Gasteiger partial charge in [0.15, 0.2) is 0 Å². The fraction of sp³-hybridized carbons (Fsp3) is 0.333. The van der Waals surface area contributed by atoms with Crippen LogP contribution >= 0.6 is 0 Å². The van der Waals surface area contributed by atoms with Crippen LogP contribution in [0.2, 0.25) is 0 Å². The number of hydrogen-bond acceptors (Lipinski definition) is 6. The molecule has 0 saturated heterocycles. The number of nitriles is 1. The van der Waals surface area contributed by atoms with Crippen molar-refractivity contribution in [2.45, 2.75) is 44.7 Å². The first kappa shape index (κ1) is 24.0.